The van der Waals surface area contributed by atoms with Crippen LogP contribution in [0.1, 0.15) is 11.7 Å². The summed E-state index contributed by atoms with van der Waals surface area (Å²) in [7, 11) is 0. The topological polar surface area (TPSA) is 38.3 Å². The van der Waals surface area contributed by atoms with Gasteiger partial charge in [-0.15, -0.1) is 0 Å². The SMILES string of the molecule is O=C1COC(c2ccsc2)CN1. The summed E-state index contributed by atoms with van der Waals surface area (Å²) in [6, 6.07) is 2.02. The zero-order valence-corrected chi connectivity index (χ0v) is 7.26. The summed E-state index contributed by atoms with van der Waals surface area (Å²) in [5, 5.41) is 6.81. The molecule has 1 atom stereocenters. The van der Waals surface area contributed by atoms with Gasteiger partial charge in [0.25, 0.3) is 0 Å². The van der Waals surface area contributed by atoms with E-state index in [2.05, 4.69) is 5.32 Å². The largest absolute Gasteiger partial charge is 0.362 e. The Balaban J connectivity index is 2.03. The Morgan fingerprint density at radius 3 is 3.17 bits per heavy atom. The first-order valence-electron chi connectivity index (χ1n) is 3.76. The smallest absolute Gasteiger partial charge is 0.246 e. The van der Waals surface area contributed by atoms with Gasteiger partial charge in [0.1, 0.15) is 12.7 Å². The van der Waals surface area contributed by atoms with Crippen LogP contribution in [0.15, 0.2) is 16.8 Å². The lowest BCUT2D eigenvalue weighted by Gasteiger charge is -2.22. The molecule has 1 saturated heterocycles. The molecule has 1 aromatic heterocycles. The number of carbonyl (C=O) groups excluding carboxylic acids is 1. The predicted molar refractivity (Wildman–Crippen MR) is 46.0 cm³/mol. The van der Waals surface area contributed by atoms with Crippen LogP contribution < -0.4 is 5.32 Å². The number of hydrogen-bond acceptors (Lipinski definition) is 3. The molecular weight excluding hydrogens is 174 g/mol. The first-order chi connectivity index (χ1) is 5.86. The second-order valence-corrected chi connectivity index (χ2v) is 3.44. The number of amides is 1. The van der Waals surface area contributed by atoms with Crippen LogP contribution in [-0.2, 0) is 9.53 Å². The summed E-state index contributed by atoms with van der Waals surface area (Å²) in [4.78, 5) is 10.7. The van der Waals surface area contributed by atoms with Gasteiger partial charge < -0.3 is 10.1 Å². The fraction of sp³-hybridized carbons (Fsp3) is 0.375. The summed E-state index contributed by atoms with van der Waals surface area (Å²) >= 11 is 1.64. The maximum absolute atomic E-state index is 10.7. The van der Waals surface area contributed by atoms with Gasteiger partial charge in [0.2, 0.25) is 5.91 Å². The fourth-order valence-corrected chi connectivity index (χ4v) is 1.87. The van der Waals surface area contributed by atoms with Crippen molar-refractivity contribution in [1.29, 1.82) is 0 Å². The molecule has 2 heterocycles. The van der Waals surface area contributed by atoms with Crippen LogP contribution >= 0.6 is 11.3 Å². The van der Waals surface area contributed by atoms with Crippen LogP contribution in [0.4, 0.5) is 0 Å². The van der Waals surface area contributed by atoms with E-state index in [-0.39, 0.29) is 18.6 Å². The second-order valence-electron chi connectivity index (χ2n) is 2.66. The predicted octanol–water partition coefficient (Wildman–Crippen LogP) is 0.936. The van der Waals surface area contributed by atoms with Crippen molar-refractivity contribution in [2.24, 2.45) is 0 Å². The third kappa shape index (κ3) is 1.49. The van der Waals surface area contributed by atoms with Gasteiger partial charge in [0, 0.05) is 6.54 Å². The Hall–Kier alpha value is -0.870. The lowest BCUT2D eigenvalue weighted by atomic mass is 10.2. The quantitative estimate of drug-likeness (QED) is 0.703. The first-order valence-corrected chi connectivity index (χ1v) is 4.71. The summed E-state index contributed by atoms with van der Waals surface area (Å²) in [6.07, 6.45) is 0.0500. The van der Waals surface area contributed by atoms with Crippen molar-refractivity contribution in [1.82, 2.24) is 5.32 Å². The molecule has 0 aliphatic carbocycles. The van der Waals surface area contributed by atoms with Gasteiger partial charge >= 0.3 is 0 Å². The molecule has 12 heavy (non-hydrogen) atoms. The molecule has 2 rings (SSSR count). The number of ether oxygens (including phenoxy) is 1. The van der Waals surface area contributed by atoms with Gasteiger partial charge in [-0.25, -0.2) is 0 Å². The molecule has 0 aromatic carbocycles. The Labute approximate surface area is 74.4 Å². The molecule has 0 bridgehead atoms. The second kappa shape index (κ2) is 3.25. The molecular formula is C8H9NO2S. The standard InChI is InChI=1S/C8H9NO2S/c10-8-4-11-7(3-9-8)6-1-2-12-5-6/h1-2,5,7H,3-4H2,(H,9,10). The minimum absolute atomic E-state index is 0.0264. The molecule has 1 unspecified atom stereocenters. The number of morpholine rings is 1. The normalized spacial score (nSPS) is 23.7. The Kier molecular flexibility index (Phi) is 2.10. The van der Waals surface area contributed by atoms with E-state index in [0.29, 0.717) is 6.54 Å². The van der Waals surface area contributed by atoms with Crippen LogP contribution in [-0.4, -0.2) is 19.1 Å². The highest BCUT2D eigenvalue weighted by Gasteiger charge is 2.19. The molecule has 3 nitrogen and oxygen atoms in total. The third-order valence-electron chi connectivity index (χ3n) is 1.82. The Morgan fingerprint density at radius 2 is 2.58 bits per heavy atom. The van der Waals surface area contributed by atoms with Gasteiger partial charge in [-0.3, -0.25) is 4.79 Å². The van der Waals surface area contributed by atoms with Crippen LogP contribution in [0.5, 0.6) is 0 Å². The highest BCUT2D eigenvalue weighted by atomic mass is 32.1. The monoisotopic (exact) mass is 183 g/mol. The van der Waals surface area contributed by atoms with Gasteiger partial charge in [0.15, 0.2) is 0 Å². The van der Waals surface area contributed by atoms with E-state index in [1.54, 1.807) is 11.3 Å². The zero-order chi connectivity index (χ0) is 8.39. The lowest BCUT2D eigenvalue weighted by molar-refractivity contribution is -0.133. The maximum atomic E-state index is 10.7. The summed E-state index contributed by atoms with van der Waals surface area (Å²) in [5.74, 6) is -0.0264. The summed E-state index contributed by atoms with van der Waals surface area (Å²) in [5.41, 5.74) is 1.15. The van der Waals surface area contributed by atoms with Crippen molar-refractivity contribution in [2.45, 2.75) is 6.10 Å². The Morgan fingerprint density at radius 1 is 1.67 bits per heavy atom. The van der Waals surface area contributed by atoms with E-state index < -0.39 is 0 Å². The van der Waals surface area contributed by atoms with Crippen LogP contribution in [0.25, 0.3) is 0 Å². The fourth-order valence-electron chi connectivity index (χ4n) is 1.17. The van der Waals surface area contributed by atoms with Crippen molar-refractivity contribution in [3.63, 3.8) is 0 Å². The van der Waals surface area contributed by atoms with Gasteiger partial charge in [0.05, 0.1) is 0 Å². The van der Waals surface area contributed by atoms with Crippen LogP contribution in [0.3, 0.4) is 0 Å². The van der Waals surface area contributed by atoms with Crippen LogP contribution in [0, 0.1) is 0 Å². The number of nitrogens with one attached hydrogen (secondary N) is 1. The van der Waals surface area contributed by atoms with E-state index in [4.69, 9.17) is 4.74 Å². The molecule has 0 saturated carbocycles. The van der Waals surface area contributed by atoms with Crippen molar-refractivity contribution < 1.29 is 9.53 Å². The molecule has 64 valence electrons. The van der Waals surface area contributed by atoms with Gasteiger partial charge in [-0.1, -0.05) is 0 Å². The highest BCUT2D eigenvalue weighted by Crippen LogP contribution is 2.20. The Bertz CT molecular complexity index is 261. The number of thiophene rings is 1. The van der Waals surface area contributed by atoms with Crippen molar-refractivity contribution in [3.8, 4) is 0 Å². The van der Waals surface area contributed by atoms with Crippen LogP contribution in [0.2, 0.25) is 0 Å². The molecule has 1 aliphatic rings. The van der Waals surface area contributed by atoms with E-state index in [0.717, 1.165) is 5.56 Å². The average molecular weight is 183 g/mol. The van der Waals surface area contributed by atoms with Crippen molar-refractivity contribution in [3.05, 3.63) is 22.4 Å². The number of carbonyl (C=O) groups is 1. The molecule has 1 fully saturated rings. The molecule has 1 aliphatic heterocycles. The first kappa shape index (κ1) is 7.76. The number of hydrogen-bond donors (Lipinski definition) is 1. The van der Waals surface area contributed by atoms with E-state index in [1.165, 1.54) is 0 Å². The molecule has 1 N–H and O–H groups in total. The van der Waals surface area contributed by atoms with Gasteiger partial charge in [-0.05, 0) is 22.4 Å². The minimum Gasteiger partial charge on any atom is -0.362 e. The molecule has 1 aromatic rings. The molecule has 1 amide bonds. The van der Waals surface area contributed by atoms with Gasteiger partial charge in [-0.2, -0.15) is 11.3 Å². The zero-order valence-electron chi connectivity index (χ0n) is 6.45. The molecule has 0 radical (unpaired) electrons. The van der Waals surface area contributed by atoms with E-state index in [1.807, 2.05) is 16.8 Å². The number of rotatable bonds is 1. The molecule has 0 spiro atoms. The summed E-state index contributed by atoms with van der Waals surface area (Å²) in [6.45, 7) is 0.774. The lowest BCUT2D eigenvalue weighted by Crippen LogP contribution is -2.38. The molecule has 4 heteroatoms. The van der Waals surface area contributed by atoms with E-state index >= 15 is 0 Å². The summed E-state index contributed by atoms with van der Waals surface area (Å²) < 4.78 is 5.33. The third-order valence-corrected chi connectivity index (χ3v) is 2.52. The minimum atomic E-state index is -0.0264. The average Bonchev–Trinajstić information content (AvgIpc) is 2.58. The van der Waals surface area contributed by atoms with Crippen molar-refractivity contribution >= 4 is 17.2 Å². The van der Waals surface area contributed by atoms with Crippen molar-refractivity contribution in [2.75, 3.05) is 13.2 Å². The van der Waals surface area contributed by atoms with E-state index in [9.17, 15) is 4.79 Å². The highest BCUT2D eigenvalue weighted by molar-refractivity contribution is 7.07. The maximum Gasteiger partial charge on any atom is 0.246 e.